The van der Waals surface area contributed by atoms with Crippen molar-refractivity contribution in [2.45, 2.75) is 51.0 Å². The van der Waals surface area contributed by atoms with Crippen molar-refractivity contribution < 1.29 is 0 Å². The molecule has 0 aromatic rings. The molecule has 0 nitrogen and oxygen atoms in total. The second kappa shape index (κ2) is 4.26. The Kier molecular flexibility index (Phi) is 3.68. The summed E-state index contributed by atoms with van der Waals surface area (Å²) in [6, 6.07) is 0. The fraction of sp³-hybridized carbons (Fsp3) is 0.692. The zero-order valence-corrected chi connectivity index (χ0v) is 12.6. The van der Waals surface area contributed by atoms with E-state index in [0.29, 0.717) is 0 Å². The molecule has 0 aromatic heterocycles. The molecular formula is C13H24Ge. The van der Waals surface area contributed by atoms with Crippen molar-refractivity contribution in [1.29, 1.82) is 0 Å². The maximum absolute atomic E-state index is 2.60. The van der Waals surface area contributed by atoms with Gasteiger partial charge >= 0.3 is 91.7 Å². The van der Waals surface area contributed by atoms with E-state index in [9.17, 15) is 0 Å². The molecule has 14 heavy (non-hydrogen) atoms. The summed E-state index contributed by atoms with van der Waals surface area (Å²) in [5.74, 6) is 0.745. The Bertz CT molecular complexity index is 248. The van der Waals surface area contributed by atoms with Crippen LogP contribution in [0, 0.1) is 5.92 Å². The SMILES string of the molecule is CC(C)[C]1=CC=[CH][Ge]1([CH](C)C)[CH](C)C. The number of hydrogen-bond acceptors (Lipinski definition) is 0. The summed E-state index contributed by atoms with van der Waals surface area (Å²) in [4.78, 5) is 2.60. The van der Waals surface area contributed by atoms with E-state index in [1.54, 1.807) is 4.41 Å². The first-order chi connectivity index (χ1) is 6.43. The first-order valence-corrected chi connectivity index (χ1v) is 10.5. The second-order valence-electron chi connectivity index (χ2n) is 5.38. The predicted molar refractivity (Wildman–Crippen MR) is 68.0 cm³/mol. The van der Waals surface area contributed by atoms with Gasteiger partial charge in [-0.2, -0.15) is 0 Å². The van der Waals surface area contributed by atoms with E-state index in [-0.39, 0.29) is 0 Å². The summed E-state index contributed by atoms with van der Waals surface area (Å²) in [5.41, 5.74) is 0. The third-order valence-corrected chi connectivity index (χ3v) is 16.9. The Morgan fingerprint density at radius 1 is 0.929 bits per heavy atom. The van der Waals surface area contributed by atoms with Crippen molar-refractivity contribution in [1.82, 2.24) is 0 Å². The Morgan fingerprint density at radius 3 is 1.71 bits per heavy atom. The summed E-state index contributed by atoms with van der Waals surface area (Å²) >= 11 is -1.86. The van der Waals surface area contributed by atoms with Crippen LogP contribution in [0.5, 0.6) is 0 Å². The number of allylic oxidation sites excluding steroid dienone is 3. The molecule has 1 heterocycles. The van der Waals surface area contributed by atoms with Crippen LogP contribution in [-0.2, 0) is 0 Å². The van der Waals surface area contributed by atoms with Crippen LogP contribution in [0.25, 0.3) is 0 Å². The van der Waals surface area contributed by atoms with Crippen molar-refractivity contribution in [3.05, 3.63) is 21.5 Å². The molecule has 1 heteroatoms. The summed E-state index contributed by atoms with van der Waals surface area (Å²) in [5, 5.41) is 0. The molecule has 0 fully saturated rings. The van der Waals surface area contributed by atoms with Crippen molar-refractivity contribution in [3.8, 4) is 0 Å². The van der Waals surface area contributed by atoms with E-state index in [1.807, 2.05) is 0 Å². The van der Waals surface area contributed by atoms with Gasteiger partial charge in [-0.3, -0.25) is 0 Å². The van der Waals surface area contributed by atoms with Crippen molar-refractivity contribution in [2.24, 2.45) is 5.92 Å². The molecular weight excluding hydrogens is 229 g/mol. The van der Waals surface area contributed by atoms with Crippen molar-refractivity contribution in [2.75, 3.05) is 0 Å². The monoisotopic (exact) mass is 254 g/mol. The van der Waals surface area contributed by atoms with E-state index >= 15 is 0 Å². The van der Waals surface area contributed by atoms with Crippen LogP contribution in [0.1, 0.15) is 41.5 Å². The Labute approximate surface area is 91.8 Å². The number of hydrogen-bond donors (Lipinski definition) is 0. The van der Waals surface area contributed by atoms with Crippen LogP contribution in [0.3, 0.4) is 0 Å². The molecule has 0 saturated heterocycles. The normalized spacial score (nSPS) is 19.9. The van der Waals surface area contributed by atoms with Crippen molar-refractivity contribution in [3.63, 3.8) is 0 Å². The minimum absolute atomic E-state index is 0.745. The van der Waals surface area contributed by atoms with Gasteiger partial charge in [0.15, 0.2) is 0 Å². The van der Waals surface area contributed by atoms with Gasteiger partial charge < -0.3 is 0 Å². The average molecular weight is 253 g/mol. The van der Waals surface area contributed by atoms with Crippen LogP contribution >= 0.6 is 0 Å². The van der Waals surface area contributed by atoms with Gasteiger partial charge in [0.25, 0.3) is 0 Å². The van der Waals surface area contributed by atoms with Crippen molar-refractivity contribution >= 4 is 13.3 Å². The van der Waals surface area contributed by atoms with E-state index < -0.39 is 13.3 Å². The molecule has 1 rings (SSSR count). The molecule has 0 atom stereocenters. The van der Waals surface area contributed by atoms with E-state index in [4.69, 9.17) is 0 Å². The van der Waals surface area contributed by atoms with Crippen LogP contribution in [0.4, 0.5) is 0 Å². The topological polar surface area (TPSA) is 0 Å². The van der Waals surface area contributed by atoms with Gasteiger partial charge in [-0.15, -0.1) is 0 Å². The van der Waals surface area contributed by atoms with E-state index in [2.05, 4.69) is 58.6 Å². The van der Waals surface area contributed by atoms with Gasteiger partial charge in [0.1, 0.15) is 0 Å². The summed E-state index contributed by atoms with van der Waals surface area (Å²) in [6.07, 6.45) is 4.74. The molecule has 0 unspecified atom stereocenters. The standard InChI is InChI=1S/C13H24Ge/c1-10(2)13-8-7-9-14(13,11(3)4)12(5)6/h7-12H,1-6H3. The molecule has 0 radical (unpaired) electrons. The molecule has 1 aliphatic rings. The van der Waals surface area contributed by atoms with Crippen LogP contribution in [0.15, 0.2) is 21.5 Å². The molecule has 80 valence electrons. The molecule has 0 aromatic carbocycles. The van der Waals surface area contributed by atoms with Gasteiger partial charge in [0.05, 0.1) is 0 Å². The summed E-state index contributed by atoms with van der Waals surface area (Å²) in [6.45, 7) is 14.4. The Balaban J connectivity index is 3.11. The summed E-state index contributed by atoms with van der Waals surface area (Å²) in [7, 11) is 0. The summed E-state index contributed by atoms with van der Waals surface area (Å²) < 4.78 is 3.56. The van der Waals surface area contributed by atoms with Gasteiger partial charge in [0.2, 0.25) is 0 Å². The first kappa shape index (κ1) is 12.1. The Morgan fingerprint density at radius 2 is 1.43 bits per heavy atom. The number of rotatable bonds is 3. The second-order valence-corrected chi connectivity index (χ2v) is 16.0. The molecule has 0 N–H and O–H groups in total. The quantitative estimate of drug-likeness (QED) is 0.650. The average Bonchev–Trinajstić information content (AvgIpc) is 2.47. The van der Waals surface area contributed by atoms with Gasteiger partial charge in [-0.05, 0) is 0 Å². The van der Waals surface area contributed by atoms with Crippen LogP contribution < -0.4 is 0 Å². The van der Waals surface area contributed by atoms with Crippen LogP contribution in [0.2, 0.25) is 9.50 Å². The fourth-order valence-electron chi connectivity index (χ4n) is 2.96. The first-order valence-electron chi connectivity index (χ1n) is 5.82. The Hall–Kier alpha value is 0.0229. The molecule has 0 amide bonds. The minimum atomic E-state index is -1.86. The maximum atomic E-state index is 2.60. The van der Waals surface area contributed by atoms with Gasteiger partial charge in [-0.1, -0.05) is 0 Å². The van der Waals surface area contributed by atoms with Gasteiger partial charge in [-0.25, -0.2) is 0 Å². The van der Waals surface area contributed by atoms with E-state index in [1.165, 1.54) is 0 Å². The molecule has 0 saturated carbocycles. The third kappa shape index (κ3) is 1.73. The van der Waals surface area contributed by atoms with Gasteiger partial charge in [0, 0.05) is 0 Å². The zero-order valence-electron chi connectivity index (χ0n) is 10.5. The molecule has 0 aliphatic carbocycles. The zero-order chi connectivity index (χ0) is 10.9. The predicted octanol–water partition coefficient (Wildman–Crippen LogP) is 4.49. The molecule has 1 aliphatic heterocycles. The molecule has 0 spiro atoms. The third-order valence-electron chi connectivity index (χ3n) is 3.68. The van der Waals surface area contributed by atoms with E-state index in [0.717, 1.165) is 15.4 Å². The van der Waals surface area contributed by atoms with Crippen LogP contribution in [-0.4, -0.2) is 13.3 Å². The fourth-order valence-corrected chi connectivity index (χ4v) is 14.4. The molecule has 0 bridgehead atoms.